The summed E-state index contributed by atoms with van der Waals surface area (Å²) in [5, 5.41) is 3.03. The molecular weight excluding hydrogens is 483 g/mol. The average molecular weight is 507 g/mol. The monoisotopic (exact) mass is 506 g/mol. The van der Waals surface area contributed by atoms with Gasteiger partial charge in [-0.05, 0) is 67.6 Å². The molecule has 0 aliphatic carbocycles. The van der Waals surface area contributed by atoms with Gasteiger partial charge in [0.25, 0.3) is 10.0 Å². The first-order chi connectivity index (χ1) is 16.3. The summed E-state index contributed by atoms with van der Waals surface area (Å²) in [5.41, 5.74) is 0.233. The Labute approximate surface area is 203 Å². The number of carbonyl (C=O) groups is 1. The van der Waals surface area contributed by atoms with Crippen molar-refractivity contribution in [3.05, 3.63) is 83.6 Å². The number of benzene rings is 3. The van der Waals surface area contributed by atoms with E-state index in [9.17, 15) is 17.6 Å². The van der Waals surface area contributed by atoms with E-state index in [-0.39, 0.29) is 29.6 Å². The number of rotatable bonds is 11. The van der Waals surface area contributed by atoms with Crippen LogP contribution in [0.1, 0.15) is 6.92 Å². The highest BCUT2D eigenvalue weighted by molar-refractivity contribution is 7.92. The Morgan fingerprint density at radius 2 is 1.68 bits per heavy atom. The van der Waals surface area contributed by atoms with Gasteiger partial charge in [0.15, 0.2) is 0 Å². The summed E-state index contributed by atoms with van der Waals surface area (Å²) < 4.78 is 52.0. The molecule has 1 N–H and O–H groups in total. The number of anilines is 1. The van der Waals surface area contributed by atoms with Gasteiger partial charge in [0.2, 0.25) is 5.91 Å². The Kier molecular flexibility index (Phi) is 8.72. The SMILES string of the molecule is CCOc1ccccc1N(CC(=O)NCCOc1ccc(F)cc1)S(=O)(=O)c1ccc(Cl)cc1. The van der Waals surface area contributed by atoms with Gasteiger partial charge in [-0.1, -0.05) is 23.7 Å². The molecule has 3 aromatic carbocycles. The maximum absolute atomic E-state index is 13.5. The van der Waals surface area contributed by atoms with E-state index in [0.29, 0.717) is 23.1 Å². The minimum atomic E-state index is -4.12. The van der Waals surface area contributed by atoms with Gasteiger partial charge < -0.3 is 14.8 Å². The maximum Gasteiger partial charge on any atom is 0.264 e. The molecule has 3 aromatic rings. The molecule has 0 aliphatic rings. The molecule has 0 unspecified atom stereocenters. The number of ether oxygens (including phenoxy) is 2. The van der Waals surface area contributed by atoms with E-state index in [4.69, 9.17) is 21.1 Å². The third-order valence-electron chi connectivity index (χ3n) is 4.63. The van der Waals surface area contributed by atoms with Crippen LogP contribution in [0.2, 0.25) is 5.02 Å². The van der Waals surface area contributed by atoms with Crippen LogP contribution in [0, 0.1) is 5.82 Å². The lowest BCUT2D eigenvalue weighted by molar-refractivity contribution is -0.119. The summed E-state index contributed by atoms with van der Waals surface area (Å²) >= 11 is 5.91. The molecule has 0 spiro atoms. The molecule has 0 saturated heterocycles. The van der Waals surface area contributed by atoms with Crippen molar-refractivity contribution in [3.63, 3.8) is 0 Å². The Hall–Kier alpha value is -3.30. The molecule has 0 aliphatic heterocycles. The van der Waals surface area contributed by atoms with E-state index in [2.05, 4.69) is 5.32 Å². The molecule has 0 fully saturated rings. The number of halogens is 2. The number of amides is 1. The molecule has 0 aromatic heterocycles. The topological polar surface area (TPSA) is 84.9 Å². The Balaban J connectivity index is 1.76. The standard InChI is InChI=1S/C24H24ClFN2O5S/c1-2-32-23-6-4-3-5-22(23)28(34(30,31)21-13-7-18(25)8-14-21)17-24(29)27-15-16-33-20-11-9-19(26)10-12-20/h3-14H,2,15-17H2,1H3,(H,27,29). The number of nitrogens with zero attached hydrogens (tertiary/aromatic N) is 1. The van der Waals surface area contributed by atoms with Crippen LogP contribution in [0.4, 0.5) is 10.1 Å². The molecule has 0 bridgehead atoms. The minimum Gasteiger partial charge on any atom is -0.492 e. The first kappa shape index (κ1) is 25.3. The van der Waals surface area contributed by atoms with Gasteiger partial charge in [0.1, 0.15) is 30.5 Å². The van der Waals surface area contributed by atoms with Crippen molar-refractivity contribution in [2.75, 3.05) is 30.6 Å². The molecule has 1 amide bonds. The summed E-state index contributed by atoms with van der Waals surface area (Å²) in [6, 6.07) is 17.8. The fourth-order valence-corrected chi connectivity index (χ4v) is 4.61. The molecule has 0 heterocycles. The van der Waals surface area contributed by atoms with Crippen molar-refractivity contribution in [2.45, 2.75) is 11.8 Å². The Morgan fingerprint density at radius 1 is 1.00 bits per heavy atom. The van der Waals surface area contributed by atoms with Crippen molar-refractivity contribution in [3.8, 4) is 11.5 Å². The summed E-state index contributed by atoms with van der Waals surface area (Å²) in [6.07, 6.45) is 0. The number of para-hydroxylation sites is 2. The van der Waals surface area contributed by atoms with Crippen molar-refractivity contribution in [1.82, 2.24) is 5.32 Å². The number of carbonyl (C=O) groups excluding carboxylic acids is 1. The van der Waals surface area contributed by atoms with E-state index in [1.165, 1.54) is 48.5 Å². The quantitative estimate of drug-likeness (QED) is 0.393. The average Bonchev–Trinajstić information content (AvgIpc) is 2.82. The van der Waals surface area contributed by atoms with Gasteiger partial charge in [0, 0.05) is 5.02 Å². The number of sulfonamides is 1. The fourth-order valence-electron chi connectivity index (χ4n) is 3.05. The molecule has 0 radical (unpaired) electrons. The third kappa shape index (κ3) is 6.61. The van der Waals surface area contributed by atoms with Gasteiger partial charge >= 0.3 is 0 Å². The predicted molar refractivity (Wildman–Crippen MR) is 128 cm³/mol. The molecule has 34 heavy (non-hydrogen) atoms. The van der Waals surface area contributed by atoms with Gasteiger partial charge in [-0.15, -0.1) is 0 Å². The largest absolute Gasteiger partial charge is 0.492 e. The van der Waals surface area contributed by atoms with E-state index in [1.807, 2.05) is 0 Å². The van der Waals surface area contributed by atoms with Crippen LogP contribution in [0.3, 0.4) is 0 Å². The lowest BCUT2D eigenvalue weighted by Gasteiger charge is -2.26. The van der Waals surface area contributed by atoms with E-state index in [1.54, 1.807) is 31.2 Å². The summed E-state index contributed by atoms with van der Waals surface area (Å²) in [7, 11) is -4.12. The highest BCUT2D eigenvalue weighted by atomic mass is 35.5. The van der Waals surface area contributed by atoms with Crippen LogP contribution >= 0.6 is 11.6 Å². The van der Waals surface area contributed by atoms with Crippen LogP contribution in [0.5, 0.6) is 11.5 Å². The zero-order valence-corrected chi connectivity index (χ0v) is 20.0. The highest BCUT2D eigenvalue weighted by Crippen LogP contribution is 2.32. The first-order valence-electron chi connectivity index (χ1n) is 10.5. The molecule has 180 valence electrons. The lowest BCUT2D eigenvalue weighted by Crippen LogP contribution is -2.42. The maximum atomic E-state index is 13.5. The van der Waals surface area contributed by atoms with Crippen molar-refractivity contribution < 1.29 is 27.1 Å². The normalized spacial score (nSPS) is 11.0. The van der Waals surface area contributed by atoms with Gasteiger partial charge in [-0.25, -0.2) is 12.8 Å². The number of nitrogens with one attached hydrogen (secondary N) is 1. The fraction of sp³-hybridized carbons (Fsp3) is 0.208. The van der Waals surface area contributed by atoms with Crippen LogP contribution in [-0.4, -0.2) is 40.6 Å². The Bertz CT molecular complexity index is 1200. The zero-order chi connectivity index (χ0) is 24.6. The predicted octanol–water partition coefficient (Wildman–Crippen LogP) is 4.27. The number of hydrogen-bond donors (Lipinski definition) is 1. The van der Waals surface area contributed by atoms with Crippen molar-refractivity contribution >= 4 is 33.2 Å². The first-order valence-corrected chi connectivity index (χ1v) is 12.3. The zero-order valence-electron chi connectivity index (χ0n) is 18.4. The van der Waals surface area contributed by atoms with Gasteiger partial charge in [0.05, 0.1) is 23.7 Å². The van der Waals surface area contributed by atoms with Crippen LogP contribution in [0.15, 0.2) is 77.7 Å². The second-order valence-corrected chi connectivity index (χ2v) is 9.32. The minimum absolute atomic E-state index is 0.0179. The van der Waals surface area contributed by atoms with Crippen molar-refractivity contribution in [2.24, 2.45) is 0 Å². The van der Waals surface area contributed by atoms with E-state index < -0.39 is 22.5 Å². The van der Waals surface area contributed by atoms with Crippen LogP contribution in [-0.2, 0) is 14.8 Å². The molecule has 10 heteroatoms. The molecule has 0 saturated carbocycles. The number of hydrogen-bond acceptors (Lipinski definition) is 5. The highest BCUT2D eigenvalue weighted by Gasteiger charge is 2.29. The summed E-state index contributed by atoms with van der Waals surface area (Å²) in [6.45, 7) is 1.86. The Morgan fingerprint density at radius 3 is 2.35 bits per heavy atom. The molecule has 3 rings (SSSR count). The molecule has 0 atom stereocenters. The van der Waals surface area contributed by atoms with E-state index >= 15 is 0 Å². The van der Waals surface area contributed by atoms with Crippen molar-refractivity contribution in [1.29, 1.82) is 0 Å². The van der Waals surface area contributed by atoms with Crippen LogP contribution < -0.4 is 19.1 Å². The molecule has 7 nitrogen and oxygen atoms in total. The smallest absolute Gasteiger partial charge is 0.264 e. The lowest BCUT2D eigenvalue weighted by atomic mass is 10.3. The summed E-state index contributed by atoms with van der Waals surface area (Å²) in [4.78, 5) is 12.7. The van der Waals surface area contributed by atoms with Gasteiger partial charge in [-0.3, -0.25) is 9.10 Å². The summed E-state index contributed by atoms with van der Waals surface area (Å²) in [5.74, 6) is -0.135. The second-order valence-electron chi connectivity index (χ2n) is 7.02. The second kappa shape index (κ2) is 11.7. The third-order valence-corrected chi connectivity index (χ3v) is 6.66. The van der Waals surface area contributed by atoms with E-state index in [0.717, 1.165) is 4.31 Å². The van der Waals surface area contributed by atoms with Gasteiger partial charge in [-0.2, -0.15) is 0 Å². The molecular formula is C24H24ClFN2O5S. The van der Waals surface area contributed by atoms with Crippen LogP contribution in [0.25, 0.3) is 0 Å².